The Hall–Kier alpha value is -0.480. The highest BCUT2D eigenvalue weighted by atomic mass is 16.3. The van der Waals surface area contributed by atoms with Crippen LogP contribution in [0.1, 0.15) is 46.0 Å². The molecule has 0 aliphatic rings. The Kier molecular flexibility index (Phi) is 6.90. The van der Waals surface area contributed by atoms with E-state index in [0.717, 1.165) is 32.1 Å². The van der Waals surface area contributed by atoms with Gasteiger partial charge in [-0.1, -0.05) is 26.7 Å². The standard InChI is InChI=1S/C11H20O/c1-4-7-8-11(12)9-10(5-2)6-3/h2,10-12H,4,6-9H2,1,3H3. The molecule has 1 N–H and O–H groups in total. The SMILES string of the molecule is C#CC(CC)CC(O)CCCC. The largest absolute Gasteiger partial charge is 0.393 e. The van der Waals surface area contributed by atoms with Crippen LogP contribution >= 0.6 is 0 Å². The molecule has 0 fully saturated rings. The van der Waals surface area contributed by atoms with Crippen molar-refractivity contribution >= 4 is 0 Å². The average Bonchev–Trinajstić information content (AvgIpc) is 2.10. The van der Waals surface area contributed by atoms with E-state index in [4.69, 9.17) is 6.42 Å². The van der Waals surface area contributed by atoms with Gasteiger partial charge in [-0.2, -0.15) is 0 Å². The zero-order valence-electron chi connectivity index (χ0n) is 8.21. The second-order valence-corrected chi connectivity index (χ2v) is 3.30. The summed E-state index contributed by atoms with van der Waals surface area (Å²) in [6.07, 6.45) is 9.99. The second-order valence-electron chi connectivity index (χ2n) is 3.30. The van der Waals surface area contributed by atoms with Crippen molar-refractivity contribution < 1.29 is 5.11 Å². The van der Waals surface area contributed by atoms with Crippen LogP contribution in [0.5, 0.6) is 0 Å². The molecule has 0 aliphatic carbocycles. The summed E-state index contributed by atoms with van der Waals surface area (Å²) in [5, 5.41) is 9.52. The molecule has 0 radical (unpaired) electrons. The van der Waals surface area contributed by atoms with Gasteiger partial charge in [0.2, 0.25) is 0 Å². The van der Waals surface area contributed by atoms with Crippen LogP contribution in [0.25, 0.3) is 0 Å². The van der Waals surface area contributed by atoms with Crippen molar-refractivity contribution in [1.29, 1.82) is 0 Å². The highest BCUT2D eigenvalue weighted by Crippen LogP contribution is 2.13. The first kappa shape index (κ1) is 11.5. The maximum atomic E-state index is 9.52. The van der Waals surface area contributed by atoms with Crippen molar-refractivity contribution in [1.82, 2.24) is 0 Å². The topological polar surface area (TPSA) is 20.2 Å². The molecular weight excluding hydrogens is 148 g/mol. The molecule has 0 saturated carbocycles. The molecule has 0 saturated heterocycles. The fourth-order valence-electron chi connectivity index (χ4n) is 1.24. The fourth-order valence-corrected chi connectivity index (χ4v) is 1.24. The smallest absolute Gasteiger partial charge is 0.0552 e. The van der Waals surface area contributed by atoms with Crippen molar-refractivity contribution in [3.05, 3.63) is 0 Å². The lowest BCUT2D eigenvalue weighted by Crippen LogP contribution is -2.11. The van der Waals surface area contributed by atoms with Gasteiger partial charge >= 0.3 is 0 Å². The summed E-state index contributed by atoms with van der Waals surface area (Å²) in [5.74, 6) is 2.96. The summed E-state index contributed by atoms with van der Waals surface area (Å²) in [6.45, 7) is 4.20. The van der Waals surface area contributed by atoms with Gasteiger partial charge in [0.1, 0.15) is 0 Å². The lowest BCUT2D eigenvalue weighted by atomic mass is 9.97. The van der Waals surface area contributed by atoms with Gasteiger partial charge in [-0.15, -0.1) is 12.3 Å². The van der Waals surface area contributed by atoms with Crippen LogP contribution in [0.4, 0.5) is 0 Å². The third-order valence-electron chi connectivity index (χ3n) is 2.18. The van der Waals surface area contributed by atoms with Gasteiger partial charge in [-0.3, -0.25) is 0 Å². The van der Waals surface area contributed by atoms with E-state index in [9.17, 15) is 5.11 Å². The number of unbranched alkanes of at least 4 members (excludes halogenated alkanes) is 1. The molecule has 0 spiro atoms. The molecule has 0 rings (SSSR count). The third-order valence-corrected chi connectivity index (χ3v) is 2.18. The summed E-state index contributed by atoms with van der Waals surface area (Å²) in [7, 11) is 0. The molecule has 0 heterocycles. The molecule has 2 unspecified atom stereocenters. The number of aliphatic hydroxyl groups is 1. The van der Waals surface area contributed by atoms with E-state index < -0.39 is 0 Å². The zero-order chi connectivity index (χ0) is 9.40. The van der Waals surface area contributed by atoms with Gasteiger partial charge < -0.3 is 5.11 Å². The van der Waals surface area contributed by atoms with E-state index in [-0.39, 0.29) is 12.0 Å². The first-order chi connectivity index (χ1) is 5.74. The van der Waals surface area contributed by atoms with Crippen LogP contribution in [0.2, 0.25) is 0 Å². The lowest BCUT2D eigenvalue weighted by molar-refractivity contribution is 0.139. The van der Waals surface area contributed by atoms with E-state index in [1.165, 1.54) is 0 Å². The number of aliphatic hydroxyl groups excluding tert-OH is 1. The molecule has 0 aromatic carbocycles. The minimum atomic E-state index is -0.189. The highest BCUT2D eigenvalue weighted by Gasteiger charge is 2.09. The maximum absolute atomic E-state index is 9.52. The maximum Gasteiger partial charge on any atom is 0.0552 e. The molecule has 0 aliphatic heterocycles. The minimum Gasteiger partial charge on any atom is -0.393 e. The molecule has 0 bridgehead atoms. The summed E-state index contributed by atoms with van der Waals surface area (Å²) in [5.41, 5.74) is 0. The monoisotopic (exact) mass is 168 g/mol. The summed E-state index contributed by atoms with van der Waals surface area (Å²) < 4.78 is 0. The van der Waals surface area contributed by atoms with E-state index >= 15 is 0 Å². The molecule has 0 aromatic rings. The highest BCUT2D eigenvalue weighted by molar-refractivity contribution is 4.93. The number of hydrogen-bond acceptors (Lipinski definition) is 1. The van der Waals surface area contributed by atoms with Gasteiger partial charge in [0.15, 0.2) is 0 Å². The Bertz CT molecular complexity index is 134. The molecule has 70 valence electrons. The van der Waals surface area contributed by atoms with Gasteiger partial charge in [-0.05, 0) is 19.3 Å². The fraction of sp³-hybridized carbons (Fsp3) is 0.818. The van der Waals surface area contributed by atoms with Crippen molar-refractivity contribution in [2.75, 3.05) is 0 Å². The van der Waals surface area contributed by atoms with Crippen molar-refractivity contribution in [2.45, 2.75) is 52.1 Å². The van der Waals surface area contributed by atoms with Crippen LogP contribution in [-0.2, 0) is 0 Å². The van der Waals surface area contributed by atoms with Crippen LogP contribution in [0, 0.1) is 18.3 Å². The van der Waals surface area contributed by atoms with Crippen LogP contribution < -0.4 is 0 Å². The van der Waals surface area contributed by atoms with Crippen LogP contribution in [-0.4, -0.2) is 11.2 Å². The van der Waals surface area contributed by atoms with Crippen molar-refractivity contribution in [2.24, 2.45) is 5.92 Å². The Balaban J connectivity index is 3.53. The number of rotatable bonds is 6. The third kappa shape index (κ3) is 5.21. The Morgan fingerprint density at radius 1 is 1.42 bits per heavy atom. The predicted octanol–water partition coefficient (Wildman–Crippen LogP) is 2.59. The van der Waals surface area contributed by atoms with Crippen LogP contribution in [0.3, 0.4) is 0 Å². The molecule has 0 aromatic heterocycles. The Morgan fingerprint density at radius 2 is 2.08 bits per heavy atom. The van der Waals surface area contributed by atoms with Crippen molar-refractivity contribution in [3.8, 4) is 12.3 Å². The normalized spacial score (nSPS) is 15.2. The van der Waals surface area contributed by atoms with Crippen LogP contribution in [0.15, 0.2) is 0 Å². The van der Waals surface area contributed by atoms with E-state index in [2.05, 4.69) is 19.8 Å². The first-order valence-electron chi connectivity index (χ1n) is 4.88. The minimum absolute atomic E-state index is 0.189. The van der Waals surface area contributed by atoms with Gasteiger partial charge in [0, 0.05) is 5.92 Å². The molecule has 2 atom stereocenters. The quantitative estimate of drug-likeness (QED) is 0.604. The summed E-state index contributed by atoms with van der Waals surface area (Å²) >= 11 is 0. The Labute approximate surface area is 76.2 Å². The van der Waals surface area contributed by atoms with E-state index in [1.807, 2.05) is 0 Å². The molecule has 1 nitrogen and oxygen atoms in total. The van der Waals surface area contributed by atoms with Gasteiger partial charge in [0.25, 0.3) is 0 Å². The second kappa shape index (κ2) is 7.18. The molecular formula is C11H20O. The molecule has 12 heavy (non-hydrogen) atoms. The first-order valence-corrected chi connectivity index (χ1v) is 4.88. The summed E-state index contributed by atoms with van der Waals surface area (Å²) in [4.78, 5) is 0. The summed E-state index contributed by atoms with van der Waals surface area (Å²) in [6, 6.07) is 0. The van der Waals surface area contributed by atoms with Crippen molar-refractivity contribution in [3.63, 3.8) is 0 Å². The average molecular weight is 168 g/mol. The lowest BCUT2D eigenvalue weighted by Gasteiger charge is -2.13. The molecule has 0 amide bonds. The predicted molar refractivity (Wildman–Crippen MR) is 52.8 cm³/mol. The van der Waals surface area contributed by atoms with E-state index in [1.54, 1.807) is 0 Å². The van der Waals surface area contributed by atoms with Gasteiger partial charge in [-0.25, -0.2) is 0 Å². The molecule has 1 heteroatoms. The van der Waals surface area contributed by atoms with Gasteiger partial charge in [0.05, 0.1) is 6.10 Å². The van der Waals surface area contributed by atoms with E-state index in [0.29, 0.717) is 0 Å². The number of hydrogen-bond donors (Lipinski definition) is 1. The zero-order valence-corrected chi connectivity index (χ0v) is 8.21. The Morgan fingerprint density at radius 3 is 2.50 bits per heavy atom. The number of terminal acetylenes is 1.